The molecule has 7 nitrogen and oxygen atoms in total. The van der Waals surface area contributed by atoms with Crippen molar-refractivity contribution in [1.82, 2.24) is 15.0 Å². The van der Waals surface area contributed by atoms with Gasteiger partial charge in [0.1, 0.15) is 0 Å². The van der Waals surface area contributed by atoms with Crippen molar-refractivity contribution in [2.24, 2.45) is 5.73 Å². The maximum atomic E-state index is 11.9. The number of carbonyl (C=O) groups is 1. The minimum atomic E-state index is -0.0980. The standard InChI is InChI=1S/C12H21N5O2/c1-9-5-12(19-15-9)14-11(18)8-17-4-3-16(2)7-10(17)6-13/h5,10H,3-4,6-8,13H2,1-2H3,(H,14,18). The van der Waals surface area contributed by atoms with Crippen molar-refractivity contribution in [2.75, 3.05) is 45.1 Å². The molecule has 2 rings (SSSR count). The lowest BCUT2D eigenvalue weighted by atomic mass is 10.1. The molecule has 106 valence electrons. The molecule has 0 bridgehead atoms. The van der Waals surface area contributed by atoms with Crippen LogP contribution in [0.1, 0.15) is 5.69 Å². The summed E-state index contributed by atoms with van der Waals surface area (Å²) in [4.78, 5) is 16.3. The van der Waals surface area contributed by atoms with Gasteiger partial charge in [0.2, 0.25) is 11.8 Å². The van der Waals surface area contributed by atoms with Gasteiger partial charge in [-0.3, -0.25) is 15.0 Å². The summed E-state index contributed by atoms with van der Waals surface area (Å²) in [6.07, 6.45) is 0. The summed E-state index contributed by atoms with van der Waals surface area (Å²) < 4.78 is 4.96. The predicted molar refractivity (Wildman–Crippen MR) is 71.8 cm³/mol. The van der Waals surface area contributed by atoms with Crippen molar-refractivity contribution in [3.63, 3.8) is 0 Å². The highest BCUT2D eigenvalue weighted by molar-refractivity contribution is 5.91. The Bertz CT molecular complexity index is 434. The van der Waals surface area contributed by atoms with Gasteiger partial charge in [-0.2, -0.15) is 0 Å². The molecule has 3 N–H and O–H groups in total. The zero-order valence-corrected chi connectivity index (χ0v) is 11.4. The number of carbonyl (C=O) groups excluding carboxylic acids is 1. The molecule has 1 aliphatic rings. The zero-order chi connectivity index (χ0) is 13.8. The SMILES string of the molecule is Cc1cc(NC(=O)CN2CCN(C)CC2CN)on1. The molecule has 0 radical (unpaired) electrons. The van der Waals surface area contributed by atoms with Crippen LogP contribution in [0.3, 0.4) is 0 Å². The Morgan fingerprint density at radius 1 is 1.63 bits per heavy atom. The van der Waals surface area contributed by atoms with E-state index in [1.165, 1.54) is 0 Å². The summed E-state index contributed by atoms with van der Waals surface area (Å²) in [5.41, 5.74) is 6.50. The maximum Gasteiger partial charge on any atom is 0.240 e. The van der Waals surface area contributed by atoms with Crippen LogP contribution < -0.4 is 11.1 Å². The number of nitrogens with one attached hydrogen (secondary N) is 1. The number of hydrogen-bond acceptors (Lipinski definition) is 6. The van der Waals surface area contributed by atoms with Crippen LogP contribution in [0.2, 0.25) is 0 Å². The molecule has 1 aromatic heterocycles. The van der Waals surface area contributed by atoms with E-state index in [0.717, 1.165) is 25.3 Å². The van der Waals surface area contributed by atoms with E-state index in [-0.39, 0.29) is 11.9 Å². The molecule has 1 saturated heterocycles. The largest absolute Gasteiger partial charge is 0.338 e. The Morgan fingerprint density at radius 3 is 3.05 bits per heavy atom. The summed E-state index contributed by atoms with van der Waals surface area (Å²) >= 11 is 0. The second-order valence-electron chi connectivity index (χ2n) is 5.00. The first-order chi connectivity index (χ1) is 9.08. The molecule has 7 heteroatoms. The normalized spacial score (nSPS) is 21.5. The first kappa shape index (κ1) is 14.0. The summed E-state index contributed by atoms with van der Waals surface area (Å²) in [6.45, 7) is 5.39. The van der Waals surface area contributed by atoms with Crippen molar-refractivity contribution in [2.45, 2.75) is 13.0 Å². The van der Waals surface area contributed by atoms with Crippen LogP contribution in [0.4, 0.5) is 5.88 Å². The lowest BCUT2D eigenvalue weighted by Gasteiger charge is -2.38. The van der Waals surface area contributed by atoms with Crippen molar-refractivity contribution in [3.05, 3.63) is 11.8 Å². The first-order valence-corrected chi connectivity index (χ1v) is 6.44. The van der Waals surface area contributed by atoms with Crippen LogP contribution in [-0.2, 0) is 4.79 Å². The molecule has 1 atom stereocenters. The number of anilines is 1. The van der Waals surface area contributed by atoms with E-state index in [4.69, 9.17) is 10.3 Å². The minimum Gasteiger partial charge on any atom is -0.338 e. The van der Waals surface area contributed by atoms with Gasteiger partial charge in [-0.1, -0.05) is 5.16 Å². The molecular formula is C12H21N5O2. The van der Waals surface area contributed by atoms with Gasteiger partial charge in [0.25, 0.3) is 0 Å². The van der Waals surface area contributed by atoms with Crippen LogP contribution in [0.25, 0.3) is 0 Å². The quantitative estimate of drug-likeness (QED) is 0.764. The number of amides is 1. The molecule has 0 aromatic carbocycles. The number of nitrogens with two attached hydrogens (primary N) is 1. The van der Waals surface area contributed by atoms with Gasteiger partial charge in [-0.15, -0.1) is 0 Å². The third kappa shape index (κ3) is 3.76. The monoisotopic (exact) mass is 267 g/mol. The lowest BCUT2D eigenvalue weighted by molar-refractivity contribution is -0.118. The summed E-state index contributed by atoms with van der Waals surface area (Å²) in [5.74, 6) is 0.292. The molecule has 19 heavy (non-hydrogen) atoms. The molecule has 0 spiro atoms. The first-order valence-electron chi connectivity index (χ1n) is 6.44. The molecule has 1 aromatic rings. The number of rotatable bonds is 4. The molecule has 1 aliphatic heterocycles. The number of aromatic nitrogens is 1. The van der Waals surface area contributed by atoms with E-state index in [1.54, 1.807) is 6.07 Å². The Balaban J connectivity index is 1.87. The van der Waals surface area contributed by atoms with Crippen molar-refractivity contribution in [3.8, 4) is 0 Å². The Kier molecular flexibility index (Phi) is 4.52. The Hall–Kier alpha value is -1.44. The van der Waals surface area contributed by atoms with Crippen LogP contribution >= 0.6 is 0 Å². The lowest BCUT2D eigenvalue weighted by Crippen LogP contribution is -2.56. The number of nitrogens with zero attached hydrogens (tertiary/aromatic N) is 3. The minimum absolute atomic E-state index is 0.0980. The Labute approximate surface area is 112 Å². The van der Waals surface area contributed by atoms with Crippen molar-refractivity contribution < 1.29 is 9.32 Å². The van der Waals surface area contributed by atoms with Crippen molar-refractivity contribution in [1.29, 1.82) is 0 Å². The number of likely N-dealkylation sites (N-methyl/N-ethyl adjacent to an activating group) is 1. The second kappa shape index (κ2) is 6.14. The van der Waals surface area contributed by atoms with Crippen LogP contribution in [0.15, 0.2) is 10.6 Å². The molecule has 0 aliphatic carbocycles. The van der Waals surface area contributed by atoms with E-state index in [9.17, 15) is 4.79 Å². The molecular weight excluding hydrogens is 246 g/mol. The second-order valence-corrected chi connectivity index (χ2v) is 5.00. The van der Waals surface area contributed by atoms with Crippen LogP contribution in [0.5, 0.6) is 0 Å². The average Bonchev–Trinajstić information content (AvgIpc) is 2.76. The van der Waals surface area contributed by atoms with Crippen LogP contribution in [0, 0.1) is 6.92 Å². The number of aryl methyl sites for hydroxylation is 1. The van der Waals surface area contributed by atoms with Gasteiger partial charge >= 0.3 is 0 Å². The predicted octanol–water partition coefficient (Wildman–Crippen LogP) is -0.504. The van der Waals surface area contributed by atoms with E-state index in [1.807, 2.05) is 6.92 Å². The van der Waals surface area contributed by atoms with Gasteiger partial charge < -0.3 is 15.2 Å². The highest BCUT2D eigenvalue weighted by atomic mass is 16.5. The van der Waals surface area contributed by atoms with E-state index in [2.05, 4.69) is 27.3 Å². The highest BCUT2D eigenvalue weighted by Crippen LogP contribution is 2.10. The zero-order valence-electron chi connectivity index (χ0n) is 11.4. The van der Waals surface area contributed by atoms with E-state index < -0.39 is 0 Å². The van der Waals surface area contributed by atoms with E-state index >= 15 is 0 Å². The fraction of sp³-hybridized carbons (Fsp3) is 0.667. The van der Waals surface area contributed by atoms with Gasteiger partial charge in [0.15, 0.2) is 0 Å². The fourth-order valence-electron chi connectivity index (χ4n) is 2.26. The molecule has 2 heterocycles. The van der Waals surface area contributed by atoms with Gasteiger partial charge in [0.05, 0.1) is 12.2 Å². The molecule has 0 saturated carbocycles. The summed E-state index contributed by atoms with van der Waals surface area (Å²) in [7, 11) is 2.07. The third-order valence-electron chi connectivity index (χ3n) is 3.32. The Morgan fingerprint density at radius 2 is 2.42 bits per heavy atom. The average molecular weight is 267 g/mol. The number of piperazine rings is 1. The van der Waals surface area contributed by atoms with Gasteiger partial charge in [-0.05, 0) is 14.0 Å². The van der Waals surface area contributed by atoms with E-state index in [0.29, 0.717) is 19.0 Å². The van der Waals surface area contributed by atoms with Gasteiger partial charge in [0, 0.05) is 38.3 Å². The topological polar surface area (TPSA) is 87.6 Å². The van der Waals surface area contributed by atoms with Gasteiger partial charge in [-0.25, -0.2) is 0 Å². The fourth-order valence-corrected chi connectivity index (χ4v) is 2.26. The number of hydrogen-bond donors (Lipinski definition) is 2. The van der Waals surface area contributed by atoms with Crippen LogP contribution in [-0.4, -0.2) is 66.7 Å². The third-order valence-corrected chi connectivity index (χ3v) is 3.32. The summed E-state index contributed by atoms with van der Waals surface area (Å²) in [6, 6.07) is 1.92. The highest BCUT2D eigenvalue weighted by Gasteiger charge is 2.25. The summed E-state index contributed by atoms with van der Waals surface area (Å²) in [5, 5.41) is 6.43. The van der Waals surface area contributed by atoms with Crippen molar-refractivity contribution >= 4 is 11.8 Å². The smallest absolute Gasteiger partial charge is 0.240 e. The maximum absolute atomic E-state index is 11.9. The molecule has 1 amide bonds. The molecule has 1 fully saturated rings. The molecule has 1 unspecified atom stereocenters.